The molecule has 4 nitrogen and oxygen atoms in total. The number of aromatic nitrogens is 2. The van der Waals surface area contributed by atoms with E-state index in [0.717, 1.165) is 50.5 Å². The highest BCUT2D eigenvalue weighted by Gasteiger charge is 2.48. The van der Waals surface area contributed by atoms with Gasteiger partial charge in [-0.1, -0.05) is 18.9 Å². The average Bonchev–Trinajstić information content (AvgIpc) is 3.19. The summed E-state index contributed by atoms with van der Waals surface area (Å²) in [6.07, 6.45) is 6.03. The summed E-state index contributed by atoms with van der Waals surface area (Å²) < 4.78 is 44.9. The van der Waals surface area contributed by atoms with E-state index in [9.17, 15) is 13.2 Å². The minimum absolute atomic E-state index is 0.0392. The predicted molar refractivity (Wildman–Crippen MR) is 108 cm³/mol. The molecule has 3 heterocycles. The first-order chi connectivity index (χ1) is 14.4. The standard InChI is InChI=1S/C23H28F3N3O/c24-23(25,26)20-15-18(6-12-29-20)16-27-13-9-21(19-5-1-4-11-28-19)10-14-30-22(17-21)7-2-3-8-22/h1,4-6,11-12,15,27H,2-3,7-10,13-14,16-17H2/t21-/m1/s1. The number of pyridine rings is 2. The fourth-order valence-corrected chi connectivity index (χ4v) is 5.10. The van der Waals surface area contributed by atoms with Crippen molar-refractivity contribution in [2.45, 2.75) is 68.7 Å². The van der Waals surface area contributed by atoms with Gasteiger partial charge in [0.25, 0.3) is 0 Å². The van der Waals surface area contributed by atoms with Crippen LogP contribution in [-0.4, -0.2) is 28.7 Å². The SMILES string of the molecule is FC(F)(F)c1cc(CNCC[C@@]2(c3ccccn3)CCOC3(CCCC3)C2)ccn1. The average molecular weight is 419 g/mol. The van der Waals surface area contributed by atoms with E-state index in [1.165, 1.54) is 19.0 Å². The van der Waals surface area contributed by atoms with Crippen LogP contribution >= 0.6 is 0 Å². The Hall–Kier alpha value is -1.99. The molecule has 0 bridgehead atoms. The van der Waals surface area contributed by atoms with Crippen molar-refractivity contribution in [2.24, 2.45) is 0 Å². The molecule has 2 fully saturated rings. The highest BCUT2D eigenvalue weighted by molar-refractivity contribution is 5.21. The summed E-state index contributed by atoms with van der Waals surface area (Å²) in [7, 11) is 0. The highest BCUT2D eigenvalue weighted by atomic mass is 19.4. The molecule has 0 radical (unpaired) electrons. The fraction of sp³-hybridized carbons (Fsp3) is 0.565. The number of nitrogens with one attached hydrogen (secondary N) is 1. The van der Waals surface area contributed by atoms with Gasteiger partial charge in [0.2, 0.25) is 0 Å². The molecule has 1 aliphatic heterocycles. The predicted octanol–water partition coefficient (Wildman–Crippen LogP) is 5.04. The van der Waals surface area contributed by atoms with Crippen molar-refractivity contribution in [3.05, 3.63) is 59.7 Å². The largest absolute Gasteiger partial charge is 0.433 e. The lowest BCUT2D eigenvalue weighted by molar-refractivity contribution is -0.141. The molecule has 4 rings (SSSR count). The van der Waals surface area contributed by atoms with E-state index in [1.807, 2.05) is 18.3 Å². The van der Waals surface area contributed by atoms with Crippen LogP contribution in [0.4, 0.5) is 13.2 Å². The zero-order valence-electron chi connectivity index (χ0n) is 17.0. The first-order valence-corrected chi connectivity index (χ1v) is 10.7. The molecule has 1 aliphatic carbocycles. The second kappa shape index (κ2) is 8.63. The van der Waals surface area contributed by atoms with Crippen molar-refractivity contribution < 1.29 is 17.9 Å². The fourth-order valence-electron chi connectivity index (χ4n) is 5.10. The molecule has 1 spiro atoms. The Morgan fingerprint density at radius 3 is 2.60 bits per heavy atom. The molecule has 30 heavy (non-hydrogen) atoms. The van der Waals surface area contributed by atoms with E-state index in [1.54, 1.807) is 6.07 Å². The summed E-state index contributed by atoms with van der Waals surface area (Å²) in [6, 6.07) is 8.81. The van der Waals surface area contributed by atoms with Crippen LogP contribution in [0.3, 0.4) is 0 Å². The minimum Gasteiger partial charge on any atom is -0.375 e. The van der Waals surface area contributed by atoms with Gasteiger partial charge in [0, 0.05) is 36.7 Å². The van der Waals surface area contributed by atoms with Gasteiger partial charge < -0.3 is 10.1 Å². The summed E-state index contributed by atoms with van der Waals surface area (Å²) >= 11 is 0. The molecule has 0 unspecified atom stereocenters. The van der Waals surface area contributed by atoms with E-state index >= 15 is 0 Å². The third-order valence-electron chi connectivity index (χ3n) is 6.60. The third-order valence-corrected chi connectivity index (χ3v) is 6.60. The number of nitrogens with zero attached hydrogens (tertiary/aromatic N) is 2. The van der Waals surface area contributed by atoms with E-state index < -0.39 is 11.9 Å². The highest BCUT2D eigenvalue weighted by Crippen LogP contribution is 2.49. The number of alkyl halides is 3. The molecular formula is C23H28F3N3O. The van der Waals surface area contributed by atoms with Crippen molar-refractivity contribution >= 4 is 0 Å². The zero-order valence-corrected chi connectivity index (χ0v) is 17.0. The maximum Gasteiger partial charge on any atom is 0.433 e. The van der Waals surface area contributed by atoms with Gasteiger partial charge in [0.05, 0.1) is 5.60 Å². The molecule has 1 N–H and O–H groups in total. The molecule has 1 atom stereocenters. The molecule has 162 valence electrons. The summed E-state index contributed by atoms with van der Waals surface area (Å²) in [5, 5.41) is 3.34. The summed E-state index contributed by atoms with van der Waals surface area (Å²) in [5.41, 5.74) is 0.738. The maximum atomic E-state index is 12.9. The maximum absolute atomic E-state index is 12.9. The van der Waals surface area contributed by atoms with Crippen LogP contribution in [0.25, 0.3) is 0 Å². The Morgan fingerprint density at radius 2 is 1.87 bits per heavy atom. The summed E-state index contributed by atoms with van der Waals surface area (Å²) in [4.78, 5) is 8.12. The third kappa shape index (κ3) is 4.67. The van der Waals surface area contributed by atoms with Crippen LogP contribution in [0.2, 0.25) is 0 Å². The lowest BCUT2D eigenvalue weighted by Crippen LogP contribution is -2.47. The number of ether oxygens (including phenoxy) is 1. The molecule has 1 saturated heterocycles. The second-order valence-electron chi connectivity index (χ2n) is 8.63. The Bertz CT molecular complexity index is 837. The molecule has 2 aromatic rings. The van der Waals surface area contributed by atoms with Crippen molar-refractivity contribution in [3.63, 3.8) is 0 Å². The lowest BCUT2D eigenvalue weighted by Gasteiger charge is -2.46. The molecule has 7 heteroatoms. The number of hydrogen-bond acceptors (Lipinski definition) is 4. The van der Waals surface area contributed by atoms with Gasteiger partial charge in [0.1, 0.15) is 5.69 Å². The quantitative estimate of drug-likeness (QED) is 0.667. The summed E-state index contributed by atoms with van der Waals surface area (Å²) in [5.74, 6) is 0. The van der Waals surface area contributed by atoms with Gasteiger partial charge in [-0.05, 0) is 68.5 Å². The van der Waals surface area contributed by atoms with Crippen LogP contribution in [0.15, 0.2) is 42.7 Å². The van der Waals surface area contributed by atoms with Crippen molar-refractivity contribution in [1.82, 2.24) is 15.3 Å². The van der Waals surface area contributed by atoms with Crippen LogP contribution in [0.5, 0.6) is 0 Å². The Morgan fingerprint density at radius 1 is 1.03 bits per heavy atom. The normalized spacial score (nSPS) is 23.7. The second-order valence-corrected chi connectivity index (χ2v) is 8.63. The van der Waals surface area contributed by atoms with Crippen LogP contribution in [-0.2, 0) is 22.9 Å². The van der Waals surface area contributed by atoms with E-state index in [-0.39, 0.29) is 11.0 Å². The van der Waals surface area contributed by atoms with Gasteiger partial charge in [-0.25, -0.2) is 0 Å². The van der Waals surface area contributed by atoms with E-state index in [2.05, 4.69) is 21.4 Å². The molecule has 2 aromatic heterocycles. The summed E-state index contributed by atoms with van der Waals surface area (Å²) in [6.45, 7) is 1.82. The van der Waals surface area contributed by atoms with Gasteiger partial charge in [0.15, 0.2) is 0 Å². The number of rotatable bonds is 6. The zero-order chi connectivity index (χ0) is 21.1. The van der Waals surface area contributed by atoms with E-state index in [0.29, 0.717) is 18.7 Å². The van der Waals surface area contributed by atoms with Crippen LogP contribution < -0.4 is 5.32 Å². The van der Waals surface area contributed by atoms with Gasteiger partial charge in [-0.2, -0.15) is 13.2 Å². The molecule has 1 saturated carbocycles. The lowest BCUT2D eigenvalue weighted by atomic mass is 9.68. The van der Waals surface area contributed by atoms with E-state index in [4.69, 9.17) is 4.74 Å². The topological polar surface area (TPSA) is 47.0 Å². The molecule has 0 aromatic carbocycles. The monoisotopic (exact) mass is 419 g/mol. The number of hydrogen-bond donors (Lipinski definition) is 1. The van der Waals surface area contributed by atoms with Crippen molar-refractivity contribution in [3.8, 4) is 0 Å². The van der Waals surface area contributed by atoms with Gasteiger partial charge in [-0.3, -0.25) is 9.97 Å². The van der Waals surface area contributed by atoms with Crippen LogP contribution in [0, 0.1) is 0 Å². The van der Waals surface area contributed by atoms with Gasteiger partial charge in [-0.15, -0.1) is 0 Å². The van der Waals surface area contributed by atoms with Crippen LogP contribution in [0.1, 0.15) is 61.9 Å². The molecule has 2 aliphatic rings. The first kappa shape index (κ1) is 21.2. The number of halogens is 3. The molecular weight excluding hydrogens is 391 g/mol. The first-order valence-electron chi connectivity index (χ1n) is 10.7. The Kier molecular flexibility index (Phi) is 6.11. The van der Waals surface area contributed by atoms with Crippen molar-refractivity contribution in [2.75, 3.05) is 13.2 Å². The smallest absolute Gasteiger partial charge is 0.375 e. The minimum atomic E-state index is -4.42. The van der Waals surface area contributed by atoms with Crippen molar-refractivity contribution in [1.29, 1.82) is 0 Å². The Labute approximate surface area is 175 Å². The van der Waals surface area contributed by atoms with Gasteiger partial charge >= 0.3 is 6.18 Å². The Balaban J connectivity index is 1.43. The molecule has 0 amide bonds.